The van der Waals surface area contributed by atoms with Crippen molar-refractivity contribution in [2.75, 3.05) is 79.9 Å². The Hall–Kier alpha value is -3.10. The monoisotopic (exact) mass is 649 g/mol. The Morgan fingerprint density at radius 2 is 1.67 bits per heavy atom. The number of nitrogens with zero attached hydrogens (tertiary/aromatic N) is 6. The van der Waals surface area contributed by atoms with Gasteiger partial charge in [0, 0.05) is 50.3 Å². The number of hydrogen-bond donors (Lipinski definition) is 3. The molecular weight excluding hydrogens is 613 g/mol. The fraction of sp³-hybridized carbons (Fsp3) is 0.464. The van der Waals surface area contributed by atoms with E-state index in [1.807, 2.05) is 13.0 Å². The summed E-state index contributed by atoms with van der Waals surface area (Å²) >= 11 is 12.6. The van der Waals surface area contributed by atoms with Crippen molar-refractivity contribution in [3.05, 3.63) is 46.1 Å². The minimum absolute atomic E-state index is 0.229. The van der Waals surface area contributed by atoms with Gasteiger partial charge in [0.1, 0.15) is 16.5 Å². The quantitative estimate of drug-likeness (QED) is 0.302. The number of nitrogens with one attached hydrogen (secondary N) is 3. The first-order valence-corrected chi connectivity index (χ1v) is 16.7. The van der Waals surface area contributed by atoms with Crippen LogP contribution in [0.2, 0.25) is 10.0 Å². The summed E-state index contributed by atoms with van der Waals surface area (Å²) in [5, 5.41) is 6.88. The number of rotatable bonds is 9. The Kier molecular flexibility index (Phi) is 9.67. The molecule has 0 bridgehead atoms. The zero-order chi connectivity index (χ0) is 30.7. The van der Waals surface area contributed by atoms with Gasteiger partial charge in [-0.15, -0.1) is 0 Å². The summed E-state index contributed by atoms with van der Waals surface area (Å²) in [5.74, 6) is 1.82. The molecule has 43 heavy (non-hydrogen) atoms. The second kappa shape index (κ2) is 13.3. The van der Waals surface area contributed by atoms with Gasteiger partial charge < -0.3 is 25.2 Å². The molecular formula is C28H37Cl2N9O3S. The fourth-order valence-electron chi connectivity index (χ4n) is 5.45. The molecule has 3 aromatic rings. The highest BCUT2D eigenvalue weighted by molar-refractivity contribution is 7.92. The van der Waals surface area contributed by atoms with Gasteiger partial charge in [-0.1, -0.05) is 23.2 Å². The lowest BCUT2D eigenvalue weighted by Gasteiger charge is -2.42. The van der Waals surface area contributed by atoms with Crippen molar-refractivity contribution in [2.45, 2.75) is 25.8 Å². The molecule has 0 saturated carbocycles. The van der Waals surface area contributed by atoms with Crippen LogP contribution in [0, 0.1) is 6.92 Å². The first-order chi connectivity index (χ1) is 20.5. The van der Waals surface area contributed by atoms with E-state index in [4.69, 9.17) is 32.9 Å². The van der Waals surface area contributed by atoms with Crippen molar-refractivity contribution >= 4 is 67.9 Å². The predicted molar refractivity (Wildman–Crippen MR) is 173 cm³/mol. The predicted octanol–water partition coefficient (Wildman–Crippen LogP) is 4.57. The molecule has 2 aromatic heterocycles. The van der Waals surface area contributed by atoms with E-state index in [-0.39, 0.29) is 16.8 Å². The first kappa shape index (κ1) is 31.3. The van der Waals surface area contributed by atoms with Crippen molar-refractivity contribution < 1.29 is 13.2 Å². The molecule has 0 unspecified atom stereocenters. The maximum atomic E-state index is 11.9. The minimum Gasteiger partial charge on any atom is -0.479 e. The van der Waals surface area contributed by atoms with Crippen LogP contribution >= 0.6 is 23.2 Å². The SMILES string of the molecule is COc1nc(N2CCC(N3CCN(C)CC3)CC2)c(C)cc1Nc1ncc(Cl)c(Nc2cc(Cl)ccc2NS(C)(=O)=O)n1. The molecule has 0 spiro atoms. The van der Waals surface area contributed by atoms with Crippen LogP contribution in [-0.2, 0) is 10.0 Å². The number of likely N-dealkylation sites (N-methyl/N-ethyl adjacent to an activating group) is 1. The summed E-state index contributed by atoms with van der Waals surface area (Å²) in [5.41, 5.74) is 2.27. The van der Waals surface area contributed by atoms with Gasteiger partial charge in [0.2, 0.25) is 21.9 Å². The van der Waals surface area contributed by atoms with E-state index in [2.05, 4.69) is 47.1 Å². The van der Waals surface area contributed by atoms with Crippen molar-refractivity contribution in [3.8, 4) is 5.88 Å². The number of halogens is 2. The highest BCUT2D eigenvalue weighted by Crippen LogP contribution is 2.35. The van der Waals surface area contributed by atoms with Gasteiger partial charge in [-0.05, 0) is 56.6 Å². The van der Waals surface area contributed by atoms with Crippen LogP contribution in [0.25, 0.3) is 0 Å². The maximum absolute atomic E-state index is 11.9. The molecule has 2 aliphatic rings. The fourth-order valence-corrected chi connectivity index (χ4v) is 6.34. The Bertz CT molecular complexity index is 1560. The van der Waals surface area contributed by atoms with Crippen molar-refractivity contribution in [3.63, 3.8) is 0 Å². The number of piperazine rings is 1. The summed E-state index contributed by atoms with van der Waals surface area (Å²) in [4.78, 5) is 21.1. The number of piperidine rings is 1. The Morgan fingerprint density at radius 3 is 2.35 bits per heavy atom. The summed E-state index contributed by atoms with van der Waals surface area (Å²) in [6.07, 6.45) is 4.72. The highest BCUT2D eigenvalue weighted by atomic mass is 35.5. The van der Waals surface area contributed by atoms with Crippen molar-refractivity contribution in [2.24, 2.45) is 0 Å². The standard InChI is InChI=1S/C28H37Cl2N9O3S/c1-18-15-24(27(42-3)35-26(18)39-9-7-20(8-10-39)38-13-11-37(2)12-14-38)33-28-31-17-21(30)25(34-28)32-23-16-19(29)5-6-22(23)36-43(4,40)41/h5-6,15-17,20,36H,7-14H2,1-4H3,(H2,31,32,33,34). The lowest BCUT2D eigenvalue weighted by molar-refractivity contribution is 0.0981. The number of benzene rings is 1. The number of anilines is 6. The van der Waals surface area contributed by atoms with Crippen LogP contribution in [0.1, 0.15) is 18.4 Å². The zero-order valence-corrected chi connectivity index (χ0v) is 27.0. The van der Waals surface area contributed by atoms with Gasteiger partial charge >= 0.3 is 0 Å². The van der Waals surface area contributed by atoms with Gasteiger partial charge in [-0.3, -0.25) is 9.62 Å². The molecule has 12 nitrogen and oxygen atoms in total. The molecule has 2 saturated heterocycles. The third kappa shape index (κ3) is 7.90. The number of ether oxygens (including phenoxy) is 1. The van der Waals surface area contributed by atoms with E-state index in [9.17, 15) is 8.42 Å². The second-order valence-corrected chi connectivity index (χ2v) is 13.5. The molecule has 0 amide bonds. The summed E-state index contributed by atoms with van der Waals surface area (Å²) in [7, 11) is 0.232. The van der Waals surface area contributed by atoms with E-state index >= 15 is 0 Å². The largest absolute Gasteiger partial charge is 0.479 e. The average molecular weight is 651 g/mol. The third-order valence-corrected chi connectivity index (χ3v) is 8.79. The van der Waals surface area contributed by atoms with Gasteiger partial charge in [-0.2, -0.15) is 9.97 Å². The van der Waals surface area contributed by atoms with Crippen LogP contribution < -0.4 is 25.0 Å². The molecule has 0 atom stereocenters. The zero-order valence-electron chi connectivity index (χ0n) is 24.7. The summed E-state index contributed by atoms with van der Waals surface area (Å²) in [6, 6.07) is 7.29. The summed E-state index contributed by atoms with van der Waals surface area (Å²) in [6.45, 7) is 8.44. The molecule has 15 heteroatoms. The van der Waals surface area contributed by atoms with Gasteiger partial charge in [-0.25, -0.2) is 13.4 Å². The molecule has 4 heterocycles. The number of methoxy groups -OCH3 is 1. The molecule has 0 aliphatic carbocycles. The molecule has 2 fully saturated rings. The van der Waals surface area contributed by atoms with E-state index in [1.165, 1.54) is 6.20 Å². The molecule has 3 N–H and O–H groups in total. The van der Waals surface area contributed by atoms with Crippen LogP contribution in [0.4, 0.5) is 34.6 Å². The molecule has 1 aromatic carbocycles. The molecule has 5 rings (SSSR count). The van der Waals surface area contributed by atoms with E-state index < -0.39 is 10.0 Å². The minimum atomic E-state index is -3.54. The number of hydrogen-bond acceptors (Lipinski definition) is 11. The number of sulfonamides is 1. The number of pyridine rings is 1. The maximum Gasteiger partial charge on any atom is 0.239 e. The van der Waals surface area contributed by atoms with E-state index in [0.717, 1.165) is 69.7 Å². The third-order valence-electron chi connectivity index (χ3n) is 7.68. The Balaban J connectivity index is 1.31. The lowest BCUT2D eigenvalue weighted by atomic mass is 10.0. The van der Waals surface area contributed by atoms with Crippen LogP contribution in [0.5, 0.6) is 5.88 Å². The van der Waals surface area contributed by atoms with Crippen molar-refractivity contribution in [1.82, 2.24) is 24.8 Å². The van der Waals surface area contributed by atoms with Crippen molar-refractivity contribution in [1.29, 1.82) is 0 Å². The van der Waals surface area contributed by atoms with Gasteiger partial charge in [0.25, 0.3) is 0 Å². The second-order valence-electron chi connectivity index (χ2n) is 10.9. The topological polar surface area (TPSA) is 128 Å². The van der Waals surface area contributed by atoms with Crippen LogP contribution in [0.15, 0.2) is 30.5 Å². The van der Waals surface area contributed by atoms with E-state index in [0.29, 0.717) is 34.0 Å². The average Bonchev–Trinajstić information content (AvgIpc) is 2.96. The normalized spacial score (nSPS) is 17.1. The van der Waals surface area contributed by atoms with E-state index in [1.54, 1.807) is 25.3 Å². The number of aryl methyl sites for hydroxylation is 1. The smallest absolute Gasteiger partial charge is 0.239 e. The molecule has 232 valence electrons. The number of aromatic nitrogens is 3. The Morgan fingerprint density at radius 1 is 0.953 bits per heavy atom. The molecule has 0 radical (unpaired) electrons. The Labute approximate surface area is 262 Å². The lowest BCUT2D eigenvalue weighted by Crippen LogP contribution is -2.52. The van der Waals surface area contributed by atoms with Gasteiger partial charge in [0.05, 0.1) is 30.9 Å². The first-order valence-electron chi connectivity index (χ1n) is 14.1. The van der Waals surface area contributed by atoms with Crippen LogP contribution in [-0.4, -0.2) is 98.9 Å². The molecule has 2 aliphatic heterocycles. The highest BCUT2D eigenvalue weighted by Gasteiger charge is 2.28. The van der Waals surface area contributed by atoms with Crippen LogP contribution in [0.3, 0.4) is 0 Å². The van der Waals surface area contributed by atoms with Gasteiger partial charge in [0.15, 0.2) is 5.82 Å². The summed E-state index contributed by atoms with van der Waals surface area (Å²) < 4.78 is 31.8.